The summed E-state index contributed by atoms with van der Waals surface area (Å²) in [5, 5.41) is 0. The van der Waals surface area contributed by atoms with Crippen LogP contribution in [0, 0.1) is 5.82 Å². The van der Waals surface area contributed by atoms with Crippen LogP contribution in [0.15, 0.2) is 18.2 Å². The first-order valence-electron chi connectivity index (χ1n) is 6.38. The van der Waals surface area contributed by atoms with Crippen LogP contribution in [0.3, 0.4) is 0 Å². The Labute approximate surface area is 117 Å². The van der Waals surface area contributed by atoms with Gasteiger partial charge in [-0.25, -0.2) is 14.4 Å². The summed E-state index contributed by atoms with van der Waals surface area (Å²) >= 11 is 0. The van der Waals surface area contributed by atoms with Crippen LogP contribution in [0.2, 0.25) is 0 Å². The maximum absolute atomic E-state index is 13.1. The zero-order valence-corrected chi connectivity index (χ0v) is 10.8. The number of halogens is 4. The molecule has 1 aromatic heterocycles. The Balaban J connectivity index is 2.20. The number of nitrogens with zero attached hydrogens (tertiary/aromatic N) is 2. The molecule has 0 spiro atoms. The Kier molecular flexibility index (Phi) is 3.07. The van der Waals surface area contributed by atoms with E-state index in [0.717, 1.165) is 30.5 Å². The van der Waals surface area contributed by atoms with Gasteiger partial charge in [-0.15, -0.1) is 0 Å². The highest BCUT2D eigenvalue weighted by Crippen LogP contribution is 2.37. The second-order valence-electron chi connectivity index (χ2n) is 4.90. The molecule has 0 aliphatic heterocycles. The molecule has 1 aromatic carbocycles. The summed E-state index contributed by atoms with van der Waals surface area (Å²) < 4.78 is 52.2. The summed E-state index contributed by atoms with van der Waals surface area (Å²) in [6.45, 7) is 0. The molecule has 110 valence electrons. The third kappa shape index (κ3) is 2.43. The smallest absolute Gasteiger partial charge is 0.383 e. The van der Waals surface area contributed by atoms with Crippen molar-refractivity contribution in [3.8, 4) is 11.4 Å². The molecule has 21 heavy (non-hydrogen) atoms. The van der Waals surface area contributed by atoms with Gasteiger partial charge in [0.1, 0.15) is 11.6 Å². The molecule has 3 rings (SSSR count). The van der Waals surface area contributed by atoms with Crippen LogP contribution in [-0.4, -0.2) is 9.97 Å². The average molecular weight is 297 g/mol. The zero-order valence-electron chi connectivity index (χ0n) is 10.8. The largest absolute Gasteiger partial charge is 0.417 e. The molecule has 2 N–H and O–H groups in total. The highest BCUT2D eigenvalue weighted by molar-refractivity contribution is 5.64. The average Bonchev–Trinajstić information content (AvgIpc) is 2.86. The first kappa shape index (κ1) is 13.8. The Hall–Kier alpha value is -2.18. The van der Waals surface area contributed by atoms with Crippen LogP contribution in [0.25, 0.3) is 11.4 Å². The van der Waals surface area contributed by atoms with Crippen molar-refractivity contribution in [3.63, 3.8) is 0 Å². The molecular weight excluding hydrogens is 286 g/mol. The highest BCUT2D eigenvalue weighted by Gasteiger charge is 2.35. The van der Waals surface area contributed by atoms with Gasteiger partial charge in [-0.2, -0.15) is 13.2 Å². The Morgan fingerprint density at radius 1 is 1.10 bits per heavy atom. The van der Waals surface area contributed by atoms with Crippen LogP contribution in [0.4, 0.5) is 23.4 Å². The molecule has 1 heterocycles. The number of nitrogen functional groups attached to an aromatic ring is 1. The number of fused-ring (bicyclic) bond motifs is 1. The number of nitrogens with two attached hydrogens (primary N) is 1. The van der Waals surface area contributed by atoms with E-state index in [1.54, 1.807) is 0 Å². The third-order valence-corrected chi connectivity index (χ3v) is 3.49. The van der Waals surface area contributed by atoms with Crippen molar-refractivity contribution >= 4 is 5.82 Å². The fraction of sp³-hybridized carbons (Fsp3) is 0.286. The monoisotopic (exact) mass is 297 g/mol. The Morgan fingerprint density at radius 3 is 2.57 bits per heavy atom. The standard InChI is InChI=1S/C14H11F4N3/c15-7-4-5-8(10(6-7)14(16,17)18)13-20-11-3-1-2-9(11)12(19)21-13/h4-6H,1-3H2,(H2,19,20,21). The molecular formula is C14H11F4N3. The SMILES string of the molecule is Nc1nc(-c2ccc(F)cc2C(F)(F)F)nc2c1CCC2. The van der Waals surface area contributed by atoms with E-state index in [1.165, 1.54) is 0 Å². The minimum absolute atomic E-state index is 0.111. The number of rotatable bonds is 1. The van der Waals surface area contributed by atoms with Crippen molar-refractivity contribution in [1.29, 1.82) is 0 Å². The van der Waals surface area contributed by atoms with Gasteiger partial charge in [-0.1, -0.05) is 0 Å². The maximum Gasteiger partial charge on any atom is 0.417 e. The van der Waals surface area contributed by atoms with E-state index in [0.29, 0.717) is 18.2 Å². The number of hydrogen-bond acceptors (Lipinski definition) is 3. The molecule has 0 atom stereocenters. The number of aromatic nitrogens is 2. The van der Waals surface area contributed by atoms with Crippen LogP contribution in [0.1, 0.15) is 23.2 Å². The molecule has 0 radical (unpaired) electrons. The number of anilines is 1. The van der Waals surface area contributed by atoms with Crippen LogP contribution in [-0.2, 0) is 19.0 Å². The van der Waals surface area contributed by atoms with E-state index >= 15 is 0 Å². The van der Waals surface area contributed by atoms with Gasteiger partial charge in [0.25, 0.3) is 0 Å². The predicted molar refractivity (Wildman–Crippen MR) is 68.9 cm³/mol. The molecule has 0 fully saturated rings. The van der Waals surface area contributed by atoms with Gasteiger partial charge < -0.3 is 5.73 Å². The van der Waals surface area contributed by atoms with Gasteiger partial charge in [0.2, 0.25) is 0 Å². The lowest BCUT2D eigenvalue weighted by Gasteiger charge is -2.13. The lowest BCUT2D eigenvalue weighted by molar-refractivity contribution is -0.137. The number of aryl methyl sites for hydroxylation is 1. The van der Waals surface area contributed by atoms with Crippen molar-refractivity contribution in [1.82, 2.24) is 9.97 Å². The maximum atomic E-state index is 13.1. The summed E-state index contributed by atoms with van der Waals surface area (Å²) in [4.78, 5) is 8.14. The fourth-order valence-electron chi connectivity index (χ4n) is 2.53. The molecule has 0 unspecified atom stereocenters. The van der Waals surface area contributed by atoms with Gasteiger partial charge in [0, 0.05) is 16.8 Å². The van der Waals surface area contributed by atoms with Crippen molar-refractivity contribution in [3.05, 3.63) is 40.8 Å². The first-order chi connectivity index (χ1) is 9.86. The first-order valence-corrected chi connectivity index (χ1v) is 6.38. The lowest BCUT2D eigenvalue weighted by atomic mass is 10.1. The molecule has 7 heteroatoms. The van der Waals surface area contributed by atoms with Gasteiger partial charge in [0.05, 0.1) is 5.56 Å². The Morgan fingerprint density at radius 2 is 1.86 bits per heavy atom. The summed E-state index contributed by atoms with van der Waals surface area (Å²) in [5.41, 5.74) is 5.91. The minimum Gasteiger partial charge on any atom is -0.383 e. The normalized spacial score (nSPS) is 14.3. The molecule has 2 aromatic rings. The van der Waals surface area contributed by atoms with Gasteiger partial charge in [-0.05, 0) is 37.5 Å². The van der Waals surface area contributed by atoms with E-state index in [2.05, 4.69) is 9.97 Å². The van der Waals surface area contributed by atoms with Gasteiger partial charge in [-0.3, -0.25) is 0 Å². The van der Waals surface area contributed by atoms with Crippen LogP contribution in [0.5, 0.6) is 0 Å². The molecule has 3 nitrogen and oxygen atoms in total. The van der Waals surface area contributed by atoms with E-state index < -0.39 is 17.6 Å². The molecule has 0 saturated carbocycles. The van der Waals surface area contributed by atoms with E-state index in [-0.39, 0.29) is 17.2 Å². The third-order valence-electron chi connectivity index (χ3n) is 3.49. The Bertz CT molecular complexity index is 710. The summed E-state index contributed by atoms with van der Waals surface area (Å²) in [5.74, 6) is -0.870. The number of hydrogen-bond donors (Lipinski definition) is 1. The summed E-state index contributed by atoms with van der Waals surface area (Å²) in [6.07, 6.45) is -2.43. The molecule has 1 aliphatic carbocycles. The van der Waals surface area contributed by atoms with Crippen molar-refractivity contribution in [2.24, 2.45) is 0 Å². The van der Waals surface area contributed by atoms with E-state index in [4.69, 9.17) is 5.73 Å². The van der Waals surface area contributed by atoms with E-state index in [9.17, 15) is 17.6 Å². The van der Waals surface area contributed by atoms with Gasteiger partial charge in [0.15, 0.2) is 5.82 Å². The second-order valence-corrected chi connectivity index (χ2v) is 4.90. The minimum atomic E-state index is -4.69. The zero-order chi connectivity index (χ0) is 15.2. The fourth-order valence-corrected chi connectivity index (χ4v) is 2.53. The van der Waals surface area contributed by atoms with Crippen molar-refractivity contribution < 1.29 is 17.6 Å². The second kappa shape index (κ2) is 4.68. The quantitative estimate of drug-likeness (QED) is 0.821. The van der Waals surface area contributed by atoms with Crippen LogP contribution >= 0.6 is 0 Å². The van der Waals surface area contributed by atoms with Crippen molar-refractivity contribution in [2.75, 3.05) is 5.73 Å². The van der Waals surface area contributed by atoms with E-state index in [1.807, 2.05) is 0 Å². The lowest BCUT2D eigenvalue weighted by Crippen LogP contribution is -2.10. The summed E-state index contributed by atoms with van der Waals surface area (Å²) in [7, 11) is 0. The number of alkyl halides is 3. The molecule has 0 saturated heterocycles. The molecule has 0 amide bonds. The van der Waals surface area contributed by atoms with Gasteiger partial charge >= 0.3 is 6.18 Å². The highest BCUT2D eigenvalue weighted by atomic mass is 19.4. The number of benzene rings is 1. The molecule has 0 bridgehead atoms. The topological polar surface area (TPSA) is 51.8 Å². The van der Waals surface area contributed by atoms with Crippen LogP contribution < -0.4 is 5.73 Å². The van der Waals surface area contributed by atoms with Crippen molar-refractivity contribution in [2.45, 2.75) is 25.4 Å². The summed E-state index contributed by atoms with van der Waals surface area (Å²) in [6, 6.07) is 2.44. The predicted octanol–water partition coefficient (Wildman–Crippen LogP) is 3.37. The molecule has 1 aliphatic rings.